The van der Waals surface area contributed by atoms with Gasteiger partial charge < -0.3 is 0 Å². The third-order valence-corrected chi connectivity index (χ3v) is 4.43. The first-order chi connectivity index (χ1) is 7.04. The summed E-state index contributed by atoms with van der Waals surface area (Å²) < 4.78 is 25.4. The summed E-state index contributed by atoms with van der Waals surface area (Å²) in [5.41, 5.74) is 0. The topological polar surface area (TPSA) is 66.1 Å². The second kappa shape index (κ2) is 4.76. The molecule has 1 N–H and O–H groups in total. The molecule has 0 amide bonds. The van der Waals surface area contributed by atoms with Crippen LogP contribution in [-0.4, -0.2) is 36.0 Å². The monoisotopic (exact) mass is 231 g/mol. The maximum atomic E-state index is 12.0. The minimum absolute atomic E-state index is 0.0401. The van der Waals surface area contributed by atoms with Crippen molar-refractivity contribution < 1.29 is 8.42 Å². The van der Waals surface area contributed by atoms with Gasteiger partial charge in [-0.25, -0.2) is 8.42 Å². The van der Waals surface area contributed by atoms with Crippen molar-refractivity contribution in [3.8, 4) is 0 Å². The first kappa shape index (κ1) is 12.2. The maximum Gasteiger partial charge on any atom is 0.259 e. The lowest BCUT2D eigenvalue weighted by Gasteiger charge is -2.24. The van der Waals surface area contributed by atoms with Crippen molar-refractivity contribution in [2.45, 2.75) is 37.8 Å². The number of aromatic amines is 1. The van der Waals surface area contributed by atoms with Crippen LogP contribution in [0.3, 0.4) is 0 Å². The molecule has 1 heterocycles. The fraction of sp³-hybridized carbons (Fsp3) is 0.667. The molecule has 0 saturated heterocycles. The van der Waals surface area contributed by atoms with Crippen molar-refractivity contribution in [3.63, 3.8) is 0 Å². The minimum Gasteiger partial charge on any atom is -0.266 e. The summed E-state index contributed by atoms with van der Waals surface area (Å²) in [7, 11) is -1.80. The van der Waals surface area contributed by atoms with E-state index in [1.807, 2.05) is 13.8 Å². The van der Waals surface area contributed by atoms with E-state index in [2.05, 4.69) is 10.2 Å². The van der Waals surface area contributed by atoms with Gasteiger partial charge >= 0.3 is 0 Å². The smallest absolute Gasteiger partial charge is 0.259 e. The first-order valence-electron chi connectivity index (χ1n) is 5.01. The van der Waals surface area contributed by atoms with Gasteiger partial charge in [-0.3, -0.25) is 5.10 Å². The molecule has 0 fully saturated rings. The summed E-state index contributed by atoms with van der Waals surface area (Å²) >= 11 is 0. The highest BCUT2D eigenvalue weighted by Crippen LogP contribution is 2.16. The molecule has 0 saturated carbocycles. The lowest BCUT2D eigenvalue weighted by atomic mass is 10.2. The summed E-state index contributed by atoms with van der Waals surface area (Å²) in [6.07, 6.45) is 3.05. The highest BCUT2D eigenvalue weighted by atomic mass is 32.2. The Kier molecular flexibility index (Phi) is 3.87. The van der Waals surface area contributed by atoms with E-state index >= 15 is 0 Å². The van der Waals surface area contributed by atoms with Crippen molar-refractivity contribution in [1.82, 2.24) is 14.5 Å². The molecule has 0 aliphatic rings. The van der Waals surface area contributed by atoms with Crippen LogP contribution >= 0.6 is 0 Å². The Balaban J connectivity index is 2.97. The van der Waals surface area contributed by atoms with Crippen LogP contribution in [0.25, 0.3) is 0 Å². The average molecular weight is 231 g/mol. The lowest BCUT2D eigenvalue weighted by Crippen LogP contribution is -2.36. The average Bonchev–Trinajstić information content (AvgIpc) is 2.72. The van der Waals surface area contributed by atoms with Crippen LogP contribution in [0.2, 0.25) is 0 Å². The fourth-order valence-electron chi connectivity index (χ4n) is 1.54. The Hall–Kier alpha value is -0.880. The number of hydrogen-bond donors (Lipinski definition) is 1. The van der Waals surface area contributed by atoms with Crippen LogP contribution in [0.4, 0.5) is 0 Å². The van der Waals surface area contributed by atoms with E-state index in [0.717, 1.165) is 12.8 Å². The van der Waals surface area contributed by atoms with E-state index in [1.54, 1.807) is 7.05 Å². The Bertz CT molecular complexity index is 381. The van der Waals surface area contributed by atoms with Gasteiger partial charge in [-0.05, 0) is 18.9 Å². The third-order valence-electron chi connectivity index (χ3n) is 2.59. The third kappa shape index (κ3) is 2.38. The van der Waals surface area contributed by atoms with Gasteiger partial charge in [0.1, 0.15) is 0 Å². The van der Waals surface area contributed by atoms with Gasteiger partial charge in [0.25, 0.3) is 10.0 Å². The van der Waals surface area contributed by atoms with Crippen molar-refractivity contribution in [3.05, 3.63) is 12.3 Å². The second-order valence-electron chi connectivity index (χ2n) is 3.41. The van der Waals surface area contributed by atoms with E-state index in [4.69, 9.17) is 0 Å². The Morgan fingerprint density at radius 3 is 2.47 bits per heavy atom. The lowest BCUT2D eigenvalue weighted by molar-refractivity contribution is 0.348. The van der Waals surface area contributed by atoms with Crippen LogP contribution in [-0.2, 0) is 10.0 Å². The SMILES string of the molecule is CCC(CC)N(C)S(=O)(=O)c1ccn[nH]1. The number of sulfonamides is 1. The van der Waals surface area contributed by atoms with Gasteiger partial charge in [0.05, 0.1) is 6.20 Å². The molecule has 0 spiro atoms. The predicted octanol–water partition coefficient (Wildman–Crippen LogP) is 1.22. The molecule has 0 unspecified atom stereocenters. The highest BCUT2D eigenvalue weighted by molar-refractivity contribution is 7.89. The van der Waals surface area contributed by atoms with Crippen molar-refractivity contribution >= 4 is 10.0 Å². The quantitative estimate of drug-likeness (QED) is 0.828. The summed E-state index contributed by atoms with van der Waals surface area (Å²) in [6, 6.07) is 1.51. The summed E-state index contributed by atoms with van der Waals surface area (Å²) in [6.45, 7) is 3.96. The summed E-state index contributed by atoms with van der Waals surface area (Å²) in [5, 5.41) is 6.28. The fourth-order valence-corrected chi connectivity index (χ4v) is 2.94. The number of H-pyrrole nitrogens is 1. The minimum atomic E-state index is -3.40. The highest BCUT2D eigenvalue weighted by Gasteiger charge is 2.26. The molecular weight excluding hydrogens is 214 g/mol. The molecule has 0 aromatic carbocycles. The number of nitrogens with zero attached hydrogens (tertiary/aromatic N) is 2. The zero-order valence-corrected chi connectivity index (χ0v) is 10.1. The van der Waals surface area contributed by atoms with E-state index in [9.17, 15) is 8.42 Å². The zero-order valence-electron chi connectivity index (χ0n) is 9.27. The van der Waals surface area contributed by atoms with E-state index in [0.29, 0.717) is 0 Å². The van der Waals surface area contributed by atoms with Gasteiger partial charge in [-0.15, -0.1) is 0 Å². The molecule has 1 aromatic heterocycles. The Labute approximate surface area is 90.5 Å². The van der Waals surface area contributed by atoms with Crippen LogP contribution in [0, 0.1) is 0 Å². The zero-order chi connectivity index (χ0) is 11.5. The predicted molar refractivity (Wildman–Crippen MR) is 57.9 cm³/mol. The van der Waals surface area contributed by atoms with Crippen LogP contribution in [0.5, 0.6) is 0 Å². The molecular formula is C9H17N3O2S. The number of hydrogen-bond acceptors (Lipinski definition) is 3. The van der Waals surface area contributed by atoms with Crippen molar-refractivity contribution in [2.24, 2.45) is 0 Å². The standard InChI is InChI=1S/C9H17N3O2S/c1-4-8(5-2)12(3)15(13,14)9-6-7-10-11-9/h6-8H,4-5H2,1-3H3,(H,10,11). The van der Waals surface area contributed by atoms with E-state index in [-0.39, 0.29) is 11.1 Å². The summed E-state index contributed by atoms with van der Waals surface area (Å²) in [5.74, 6) is 0. The molecule has 5 nitrogen and oxygen atoms in total. The van der Waals surface area contributed by atoms with Gasteiger partial charge in [0.15, 0.2) is 5.03 Å². The van der Waals surface area contributed by atoms with Gasteiger partial charge in [0.2, 0.25) is 0 Å². The van der Waals surface area contributed by atoms with Crippen molar-refractivity contribution in [1.29, 1.82) is 0 Å². The van der Waals surface area contributed by atoms with Crippen LogP contribution < -0.4 is 0 Å². The van der Waals surface area contributed by atoms with Crippen LogP contribution in [0.1, 0.15) is 26.7 Å². The molecule has 86 valence electrons. The molecule has 0 radical (unpaired) electrons. The second-order valence-corrected chi connectivity index (χ2v) is 5.38. The number of rotatable bonds is 5. The Morgan fingerprint density at radius 2 is 2.07 bits per heavy atom. The van der Waals surface area contributed by atoms with Gasteiger partial charge in [-0.2, -0.15) is 9.40 Å². The maximum absolute atomic E-state index is 12.0. The molecule has 1 aromatic rings. The van der Waals surface area contributed by atoms with E-state index < -0.39 is 10.0 Å². The number of aromatic nitrogens is 2. The molecule has 0 aliphatic heterocycles. The summed E-state index contributed by atoms with van der Waals surface area (Å²) in [4.78, 5) is 0. The molecule has 1 rings (SSSR count). The van der Waals surface area contributed by atoms with Gasteiger partial charge in [-0.1, -0.05) is 13.8 Å². The molecule has 0 aliphatic carbocycles. The van der Waals surface area contributed by atoms with Gasteiger partial charge in [0, 0.05) is 13.1 Å². The Morgan fingerprint density at radius 1 is 1.47 bits per heavy atom. The molecule has 6 heteroatoms. The molecule has 15 heavy (non-hydrogen) atoms. The first-order valence-corrected chi connectivity index (χ1v) is 6.45. The van der Waals surface area contributed by atoms with Crippen molar-refractivity contribution in [2.75, 3.05) is 7.05 Å². The number of nitrogens with one attached hydrogen (secondary N) is 1. The normalized spacial score (nSPS) is 12.6. The van der Waals surface area contributed by atoms with E-state index in [1.165, 1.54) is 16.6 Å². The molecule has 0 bridgehead atoms. The molecule has 0 atom stereocenters. The largest absolute Gasteiger partial charge is 0.266 e. The van der Waals surface area contributed by atoms with Crippen LogP contribution in [0.15, 0.2) is 17.3 Å².